The molecule has 3 heterocycles. The van der Waals surface area contributed by atoms with Gasteiger partial charge in [0.05, 0.1) is 23.3 Å². The number of hydrogen-bond acceptors (Lipinski definition) is 7. The number of nitro benzene ring substituents is 1. The zero-order chi connectivity index (χ0) is 27.6. The molecule has 0 spiro atoms. The highest BCUT2D eigenvalue weighted by molar-refractivity contribution is 7.16. The minimum absolute atomic E-state index is 0.0933. The van der Waals surface area contributed by atoms with Crippen molar-refractivity contribution in [2.75, 3.05) is 18.0 Å². The maximum absolute atomic E-state index is 13.4. The average molecular weight is 549 g/mol. The SMILES string of the molecule is CC(C)(C)[C@@H]1CCc2c(sc(N=Cc3ccc(N4CCCCC4)c([N+](=O)[O-])c3)c2C(=O)NCc2ccco2)C1. The fourth-order valence-corrected chi connectivity index (χ4v) is 6.88. The molecule has 0 radical (unpaired) electrons. The number of benzene rings is 1. The lowest BCUT2D eigenvalue weighted by molar-refractivity contribution is -0.384. The van der Waals surface area contributed by atoms with Gasteiger partial charge >= 0.3 is 0 Å². The summed E-state index contributed by atoms with van der Waals surface area (Å²) in [6.45, 7) is 8.78. The van der Waals surface area contributed by atoms with Gasteiger partial charge < -0.3 is 14.6 Å². The van der Waals surface area contributed by atoms with Crippen LogP contribution in [0.2, 0.25) is 0 Å². The minimum atomic E-state index is -0.314. The molecule has 1 aliphatic carbocycles. The first-order valence-corrected chi connectivity index (χ1v) is 14.5. The second kappa shape index (κ2) is 11.3. The molecule has 9 heteroatoms. The summed E-state index contributed by atoms with van der Waals surface area (Å²) in [6, 6.07) is 8.92. The Morgan fingerprint density at radius 3 is 2.74 bits per heavy atom. The summed E-state index contributed by atoms with van der Waals surface area (Å²) in [5, 5.41) is 15.6. The molecule has 0 bridgehead atoms. The summed E-state index contributed by atoms with van der Waals surface area (Å²) < 4.78 is 5.38. The largest absolute Gasteiger partial charge is 0.467 e. The number of fused-ring (bicyclic) bond motifs is 1. The lowest BCUT2D eigenvalue weighted by atomic mass is 9.72. The predicted molar refractivity (Wildman–Crippen MR) is 156 cm³/mol. The lowest BCUT2D eigenvalue weighted by Crippen LogP contribution is -2.29. The molecular weight excluding hydrogens is 512 g/mol. The number of thiophene rings is 1. The van der Waals surface area contributed by atoms with Crippen LogP contribution in [0.25, 0.3) is 0 Å². The Kier molecular flexibility index (Phi) is 7.88. The van der Waals surface area contributed by atoms with E-state index in [1.54, 1.807) is 35.9 Å². The monoisotopic (exact) mass is 548 g/mol. The Hall–Kier alpha value is -3.46. The Morgan fingerprint density at radius 1 is 1.26 bits per heavy atom. The fraction of sp³-hybridized carbons (Fsp3) is 0.467. The molecule has 8 nitrogen and oxygen atoms in total. The number of carbonyl (C=O) groups is 1. The first kappa shape index (κ1) is 27.1. The average Bonchev–Trinajstić information content (AvgIpc) is 3.57. The maximum Gasteiger partial charge on any atom is 0.293 e. The number of nitrogens with zero attached hydrogens (tertiary/aromatic N) is 3. The number of furan rings is 1. The van der Waals surface area contributed by atoms with Crippen molar-refractivity contribution in [2.45, 2.75) is 65.8 Å². The summed E-state index contributed by atoms with van der Waals surface area (Å²) in [5.41, 5.74) is 3.27. The zero-order valence-corrected chi connectivity index (χ0v) is 23.7. The van der Waals surface area contributed by atoms with Gasteiger partial charge in [-0.25, -0.2) is 4.99 Å². The van der Waals surface area contributed by atoms with Crippen LogP contribution in [0.3, 0.4) is 0 Å². The van der Waals surface area contributed by atoms with E-state index in [9.17, 15) is 14.9 Å². The standard InChI is InChI=1S/C30H36N4O4S/c1-30(2,3)21-10-11-23-26(17-21)39-29(27(23)28(35)31-19-22-8-7-15-38-22)32-18-20-9-12-24(25(16-20)34(36)37)33-13-5-4-6-14-33/h7-9,12,15-16,18,21H,4-6,10-11,13-14,17,19H2,1-3H3,(H,31,35)/t21-/m1/s1. The van der Waals surface area contributed by atoms with Crippen LogP contribution in [0.1, 0.15) is 78.6 Å². The van der Waals surface area contributed by atoms with Gasteiger partial charge in [0.15, 0.2) is 0 Å². The number of aliphatic imine (C=N–C) groups is 1. The Balaban J connectivity index is 1.45. The van der Waals surface area contributed by atoms with Crippen molar-refractivity contribution in [3.05, 3.63) is 74.0 Å². The Bertz CT molecular complexity index is 1360. The van der Waals surface area contributed by atoms with E-state index in [-0.39, 0.29) is 21.9 Å². The molecule has 1 fully saturated rings. The van der Waals surface area contributed by atoms with Crippen LogP contribution in [0, 0.1) is 21.4 Å². The van der Waals surface area contributed by atoms with Gasteiger partial charge in [-0.05, 0) is 79.2 Å². The fourth-order valence-electron chi connectivity index (χ4n) is 5.61. The second-order valence-electron chi connectivity index (χ2n) is 11.6. The van der Waals surface area contributed by atoms with Crippen LogP contribution in [-0.2, 0) is 19.4 Å². The van der Waals surface area contributed by atoms with E-state index >= 15 is 0 Å². The molecule has 2 aromatic heterocycles. The molecule has 5 rings (SSSR count). The van der Waals surface area contributed by atoms with Gasteiger partial charge in [0.1, 0.15) is 16.4 Å². The van der Waals surface area contributed by atoms with Crippen molar-refractivity contribution in [3.8, 4) is 0 Å². The maximum atomic E-state index is 13.4. The number of nitro groups is 1. The quantitative estimate of drug-likeness (QED) is 0.193. The van der Waals surface area contributed by atoms with E-state index in [2.05, 4.69) is 31.0 Å². The van der Waals surface area contributed by atoms with Crippen molar-refractivity contribution in [3.63, 3.8) is 0 Å². The van der Waals surface area contributed by atoms with E-state index in [1.165, 1.54) is 4.88 Å². The Labute approximate surface area is 233 Å². The molecule has 1 aliphatic heterocycles. The highest BCUT2D eigenvalue weighted by atomic mass is 32.1. The van der Waals surface area contributed by atoms with Crippen molar-refractivity contribution < 1.29 is 14.1 Å². The smallest absolute Gasteiger partial charge is 0.293 e. The van der Waals surface area contributed by atoms with Crippen LogP contribution in [-0.4, -0.2) is 30.1 Å². The summed E-state index contributed by atoms with van der Waals surface area (Å²) in [7, 11) is 0. The van der Waals surface area contributed by atoms with Crippen molar-refractivity contribution >= 4 is 39.8 Å². The molecule has 1 saturated heterocycles. The highest BCUT2D eigenvalue weighted by Gasteiger charge is 2.33. The van der Waals surface area contributed by atoms with E-state index < -0.39 is 0 Å². The molecule has 0 saturated carbocycles. The molecule has 1 atom stereocenters. The van der Waals surface area contributed by atoms with Gasteiger partial charge in [0.25, 0.3) is 11.6 Å². The molecule has 2 aliphatic rings. The predicted octanol–water partition coefficient (Wildman–Crippen LogP) is 7.07. The molecule has 1 aromatic carbocycles. The lowest BCUT2D eigenvalue weighted by Gasteiger charge is -2.33. The molecule has 39 heavy (non-hydrogen) atoms. The van der Waals surface area contributed by atoms with Gasteiger partial charge in [0, 0.05) is 30.2 Å². The third-order valence-electron chi connectivity index (χ3n) is 7.93. The molecular formula is C30H36N4O4S. The van der Waals surface area contributed by atoms with Crippen LogP contribution in [0.4, 0.5) is 16.4 Å². The highest BCUT2D eigenvalue weighted by Crippen LogP contribution is 2.45. The van der Waals surface area contributed by atoms with Gasteiger partial charge in [0.2, 0.25) is 0 Å². The van der Waals surface area contributed by atoms with Gasteiger partial charge in [-0.15, -0.1) is 11.3 Å². The normalized spacial score (nSPS) is 17.8. The third kappa shape index (κ3) is 6.08. The molecule has 1 amide bonds. The van der Waals surface area contributed by atoms with Crippen LogP contribution >= 0.6 is 11.3 Å². The van der Waals surface area contributed by atoms with Crippen molar-refractivity contribution in [1.29, 1.82) is 0 Å². The first-order valence-electron chi connectivity index (χ1n) is 13.7. The van der Waals surface area contributed by atoms with E-state index in [0.717, 1.165) is 57.2 Å². The van der Waals surface area contributed by atoms with Gasteiger partial charge in [-0.1, -0.05) is 26.8 Å². The number of amides is 1. The summed E-state index contributed by atoms with van der Waals surface area (Å²) in [5.74, 6) is 1.05. The molecule has 1 N–H and O–H groups in total. The van der Waals surface area contributed by atoms with Crippen molar-refractivity contribution in [2.24, 2.45) is 16.3 Å². The summed E-state index contributed by atoms with van der Waals surface area (Å²) >= 11 is 1.56. The number of rotatable bonds is 7. The van der Waals surface area contributed by atoms with Crippen LogP contribution in [0.15, 0.2) is 46.0 Å². The number of anilines is 1. The van der Waals surface area contributed by atoms with Gasteiger partial charge in [-0.3, -0.25) is 14.9 Å². The van der Waals surface area contributed by atoms with E-state index in [1.807, 2.05) is 18.2 Å². The minimum Gasteiger partial charge on any atom is -0.467 e. The zero-order valence-electron chi connectivity index (χ0n) is 22.9. The first-order chi connectivity index (χ1) is 18.7. The molecule has 206 valence electrons. The second-order valence-corrected chi connectivity index (χ2v) is 12.6. The molecule has 3 aromatic rings. The summed E-state index contributed by atoms with van der Waals surface area (Å²) in [4.78, 5) is 33.1. The number of hydrogen-bond donors (Lipinski definition) is 1. The van der Waals surface area contributed by atoms with Gasteiger partial charge in [-0.2, -0.15) is 0 Å². The van der Waals surface area contributed by atoms with Crippen LogP contribution in [0.5, 0.6) is 0 Å². The number of carbonyl (C=O) groups excluding carboxylic acids is 1. The number of piperidine rings is 1. The number of nitrogens with one attached hydrogen (secondary N) is 1. The Morgan fingerprint density at radius 2 is 2.05 bits per heavy atom. The molecule has 0 unspecified atom stereocenters. The summed E-state index contributed by atoms with van der Waals surface area (Å²) in [6.07, 6.45) is 9.28. The van der Waals surface area contributed by atoms with Crippen molar-refractivity contribution in [1.82, 2.24) is 5.32 Å². The van der Waals surface area contributed by atoms with Crippen LogP contribution < -0.4 is 10.2 Å². The third-order valence-corrected chi connectivity index (χ3v) is 9.09. The van der Waals surface area contributed by atoms with E-state index in [4.69, 9.17) is 9.41 Å². The van der Waals surface area contributed by atoms with E-state index in [0.29, 0.717) is 40.0 Å². The topological polar surface area (TPSA) is 101 Å².